The smallest absolute Gasteiger partial charge is 0.420 e. The van der Waals surface area contributed by atoms with Crippen LogP contribution in [0, 0.1) is 13.8 Å². The Bertz CT molecular complexity index is 723. The molecule has 0 aliphatic heterocycles. The molecule has 1 aromatic carbocycles. The molecule has 1 heterocycles. The Balaban J connectivity index is 2.53. The van der Waals surface area contributed by atoms with Crippen LogP contribution in [-0.2, 0) is 4.74 Å². The summed E-state index contributed by atoms with van der Waals surface area (Å²) in [5, 5.41) is 0.618. The molecule has 0 fully saturated rings. The number of halogens is 1. The Morgan fingerprint density at radius 3 is 2.43 bits per heavy atom. The van der Waals surface area contributed by atoms with Crippen LogP contribution in [0.3, 0.4) is 0 Å². The summed E-state index contributed by atoms with van der Waals surface area (Å²) in [6.45, 7) is 9.35. The third kappa shape index (κ3) is 4.45. The number of carbonyl (C=O) groups excluding carboxylic acids is 1. The number of hydrogen-bond donors (Lipinski definition) is 0. The lowest BCUT2D eigenvalue weighted by molar-refractivity contribution is 0.0598. The quantitative estimate of drug-likeness (QED) is 0.736. The van der Waals surface area contributed by atoms with Gasteiger partial charge in [-0.15, -0.1) is 0 Å². The first kappa shape index (κ1) is 17.3. The largest absolute Gasteiger partial charge is 0.443 e. The third-order valence-electron chi connectivity index (χ3n) is 3.11. The summed E-state index contributed by atoms with van der Waals surface area (Å²) >= 11 is 6.03. The molecule has 5 heteroatoms. The molecule has 0 spiro atoms. The minimum absolute atomic E-state index is 0.471. The number of aromatic nitrogens is 1. The molecule has 0 saturated heterocycles. The minimum Gasteiger partial charge on any atom is -0.443 e. The van der Waals surface area contributed by atoms with Gasteiger partial charge < -0.3 is 4.74 Å². The molecular formula is C18H21ClN2O2. The van der Waals surface area contributed by atoms with Crippen molar-refractivity contribution in [1.82, 2.24) is 4.98 Å². The normalized spacial score (nSPS) is 11.2. The zero-order valence-corrected chi connectivity index (χ0v) is 14.8. The molecule has 0 N–H and O–H groups in total. The molecule has 0 atom stereocenters. The van der Waals surface area contributed by atoms with Gasteiger partial charge >= 0.3 is 6.09 Å². The highest BCUT2D eigenvalue weighted by Gasteiger charge is 2.26. The van der Waals surface area contributed by atoms with E-state index in [4.69, 9.17) is 16.3 Å². The average Bonchev–Trinajstić information content (AvgIpc) is 2.39. The molecule has 0 aliphatic rings. The third-order valence-corrected chi connectivity index (χ3v) is 3.34. The number of aryl methyl sites for hydroxylation is 2. The SMILES string of the molecule is Cc1ccnc(N(C(=O)OC(C)(C)C)c2ccc(Cl)cc2C)c1. The molecular weight excluding hydrogens is 312 g/mol. The van der Waals surface area contributed by atoms with Crippen LogP contribution >= 0.6 is 11.6 Å². The minimum atomic E-state index is -0.598. The maximum absolute atomic E-state index is 12.7. The molecule has 1 amide bonds. The lowest BCUT2D eigenvalue weighted by atomic mass is 10.1. The number of hydrogen-bond acceptors (Lipinski definition) is 3. The number of ether oxygens (including phenoxy) is 1. The van der Waals surface area contributed by atoms with Gasteiger partial charge in [0.25, 0.3) is 0 Å². The van der Waals surface area contributed by atoms with Crippen LogP contribution in [0.5, 0.6) is 0 Å². The van der Waals surface area contributed by atoms with Crippen LogP contribution in [0.1, 0.15) is 31.9 Å². The van der Waals surface area contributed by atoms with E-state index in [-0.39, 0.29) is 0 Å². The van der Waals surface area contributed by atoms with Gasteiger partial charge in [-0.1, -0.05) is 11.6 Å². The van der Waals surface area contributed by atoms with Gasteiger partial charge in [0.1, 0.15) is 11.4 Å². The monoisotopic (exact) mass is 332 g/mol. The molecule has 122 valence electrons. The van der Waals surface area contributed by atoms with Crippen molar-refractivity contribution in [3.8, 4) is 0 Å². The number of anilines is 2. The number of nitrogens with zero attached hydrogens (tertiary/aromatic N) is 2. The van der Waals surface area contributed by atoms with Gasteiger partial charge in [-0.25, -0.2) is 14.7 Å². The van der Waals surface area contributed by atoms with Gasteiger partial charge in [0.15, 0.2) is 0 Å². The fraction of sp³-hybridized carbons (Fsp3) is 0.333. The number of rotatable bonds is 2. The van der Waals surface area contributed by atoms with Crippen molar-refractivity contribution in [3.63, 3.8) is 0 Å². The predicted molar refractivity (Wildman–Crippen MR) is 93.5 cm³/mol. The summed E-state index contributed by atoms with van der Waals surface area (Å²) in [4.78, 5) is 18.5. The molecule has 4 nitrogen and oxygen atoms in total. The van der Waals surface area contributed by atoms with E-state index in [1.165, 1.54) is 4.90 Å². The van der Waals surface area contributed by atoms with Crippen LogP contribution in [-0.4, -0.2) is 16.7 Å². The molecule has 0 bridgehead atoms. The Morgan fingerprint density at radius 1 is 1.17 bits per heavy atom. The topological polar surface area (TPSA) is 42.4 Å². The molecule has 0 aliphatic carbocycles. The lowest BCUT2D eigenvalue weighted by Gasteiger charge is -2.28. The van der Waals surface area contributed by atoms with Crippen molar-refractivity contribution >= 4 is 29.2 Å². The van der Waals surface area contributed by atoms with E-state index in [9.17, 15) is 4.79 Å². The standard InChI is InChI=1S/C18H21ClN2O2/c1-12-8-9-20-16(10-12)21(17(22)23-18(3,4)5)15-7-6-14(19)11-13(15)2/h6-11H,1-5H3. The fourth-order valence-electron chi connectivity index (χ4n) is 2.14. The van der Waals surface area contributed by atoms with Gasteiger partial charge in [0.05, 0.1) is 5.69 Å². The first-order valence-electron chi connectivity index (χ1n) is 7.39. The first-order valence-corrected chi connectivity index (χ1v) is 7.77. The Labute approximate surface area is 142 Å². The summed E-state index contributed by atoms with van der Waals surface area (Å²) in [5.41, 5.74) is 1.98. The Kier molecular flexibility index (Phi) is 4.95. The molecule has 0 radical (unpaired) electrons. The van der Waals surface area contributed by atoms with E-state index in [0.717, 1.165) is 11.1 Å². The van der Waals surface area contributed by atoms with E-state index < -0.39 is 11.7 Å². The average molecular weight is 333 g/mol. The summed E-state index contributed by atoms with van der Waals surface area (Å²) in [7, 11) is 0. The van der Waals surface area contributed by atoms with E-state index in [1.54, 1.807) is 18.3 Å². The number of carbonyl (C=O) groups is 1. The van der Waals surface area contributed by atoms with Crippen LogP contribution in [0.2, 0.25) is 5.02 Å². The molecule has 2 rings (SSSR count). The zero-order chi connectivity index (χ0) is 17.2. The maximum Gasteiger partial charge on any atom is 0.420 e. The molecule has 23 heavy (non-hydrogen) atoms. The number of pyridine rings is 1. The highest BCUT2D eigenvalue weighted by atomic mass is 35.5. The fourth-order valence-corrected chi connectivity index (χ4v) is 2.36. The second-order valence-corrected chi connectivity index (χ2v) is 6.87. The van der Waals surface area contributed by atoms with E-state index >= 15 is 0 Å². The van der Waals surface area contributed by atoms with Gasteiger partial charge in [-0.3, -0.25) is 0 Å². The van der Waals surface area contributed by atoms with Crippen LogP contribution in [0.4, 0.5) is 16.3 Å². The van der Waals surface area contributed by atoms with E-state index in [0.29, 0.717) is 16.5 Å². The molecule has 0 unspecified atom stereocenters. The van der Waals surface area contributed by atoms with Crippen LogP contribution < -0.4 is 4.90 Å². The van der Waals surface area contributed by atoms with Gasteiger partial charge in [0, 0.05) is 11.2 Å². The van der Waals surface area contributed by atoms with E-state index in [1.807, 2.05) is 52.8 Å². The van der Waals surface area contributed by atoms with Gasteiger partial charge in [0.2, 0.25) is 0 Å². The summed E-state index contributed by atoms with van der Waals surface area (Å²) < 4.78 is 5.55. The summed E-state index contributed by atoms with van der Waals surface area (Å²) in [6.07, 6.45) is 1.20. The second kappa shape index (κ2) is 6.59. The Hall–Kier alpha value is -2.07. The number of benzene rings is 1. The van der Waals surface area contributed by atoms with Crippen molar-refractivity contribution in [1.29, 1.82) is 0 Å². The molecule has 0 saturated carbocycles. The van der Waals surface area contributed by atoms with E-state index in [2.05, 4.69) is 4.98 Å². The number of amides is 1. The summed E-state index contributed by atoms with van der Waals surface area (Å²) in [6, 6.07) is 9.08. The second-order valence-electron chi connectivity index (χ2n) is 6.44. The van der Waals surface area contributed by atoms with Crippen LogP contribution in [0.25, 0.3) is 0 Å². The van der Waals surface area contributed by atoms with Crippen molar-refractivity contribution < 1.29 is 9.53 Å². The molecule has 2 aromatic rings. The van der Waals surface area contributed by atoms with Crippen molar-refractivity contribution in [2.45, 2.75) is 40.2 Å². The highest BCUT2D eigenvalue weighted by Crippen LogP contribution is 2.31. The van der Waals surface area contributed by atoms with Gasteiger partial charge in [-0.2, -0.15) is 0 Å². The molecule has 1 aromatic heterocycles. The lowest BCUT2D eigenvalue weighted by Crippen LogP contribution is -2.34. The summed E-state index contributed by atoms with van der Waals surface area (Å²) in [5.74, 6) is 0.518. The van der Waals surface area contributed by atoms with Crippen molar-refractivity contribution in [2.75, 3.05) is 4.90 Å². The van der Waals surface area contributed by atoms with Crippen molar-refractivity contribution in [2.24, 2.45) is 0 Å². The Morgan fingerprint density at radius 2 is 1.87 bits per heavy atom. The first-order chi connectivity index (χ1) is 10.7. The predicted octanol–water partition coefficient (Wildman–Crippen LogP) is 5.43. The van der Waals surface area contributed by atoms with Crippen LogP contribution in [0.15, 0.2) is 36.5 Å². The van der Waals surface area contributed by atoms with Crippen molar-refractivity contribution in [3.05, 3.63) is 52.7 Å². The zero-order valence-electron chi connectivity index (χ0n) is 14.1. The van der Waals surface area contributed by atoms with Gasteiger partial charge in [-0.05, 0) is 76.1 Å². The maximum atomic E-state index is 12.7. The highest BCUT2D eigenvalue weighted by molar-refractivity contribution is 6.30.